The summed E-state index contributed by atoms with van der Waals surface area (Å²) in [6.45, 7) is 4.53. The summed E-state index contributed by atoms with van der Waals surface area (Å²) < 4.78 is 12.9. The number of nitrogens with one attached hydrogen (secondary N) is 1. The van der Waals surface area contributed by atoms with Gasteiger partial charge < -0.3 is 9.47 Å². The lowest BCUT2D eigenvalue weighted by Crippen LogP contribution is -2.00. The molecule has 0 amide bonds. The Bertz CT molecular complexity index is 770. The second-order valence-corrected chi connectivity index (χ2v) is 5.87. The molecular weight excluding hydrogens is 348 g/mol. The van der Waals surface area contributed by atoms with Crippen LogP contribution in [0.15, 0.2) is 17.2 Å². The van der Waals surface area contributed by atoms with E-state index in [0.29, 0.717) is 27.9 Å². The lowest BCUT2D eigenvalue weighted by molar-refractivity contribution is 0.311. The number of ether oxygens (including phenoxy) is 2. The van der Waals surface area contributed by atoms with E-state index in [1.165, 1.54) is 0 Å². The molecule has 2 aromatic rings. The third-order valence-corrected chi connectivity index (χ3v) is 3.88. The van der Waals surface area contributed by atoms with Crippen LogP contribution in [0.2, 0.25) is 5.02 Å². The maximum absolute atomic E-state index is 6.27. The highest BCUT2D eigenvalue weighted by molar-refractivity contribution is 7.71. The van der Waals surface area contributed by atoms with Crippen LogP contribution >= 0.6 is 23.8 Å². The van der Waals surface area contributed by atoms with Crippen molar-refractivity contribution in [2.45, 2.75) is 33.1 Å². The van der Waals surface area contributed by atoms with Gasteiger partial charge in [-0.25, -0.2) is 0 Å². The van der Waals surface area contributed by atoms with Crippen LogP contribution in [-0.4, -0.2) is 34.8 Å². The average Bonchev–Trinajstić information content (AvgIpc) is 2.93. The van der Waals surface area contributed by atoms with E-state index in [-0.39, 0.29) is 0 Å². The molecule has 0 bridgehead atoms. The number of H-pyrrole nitrogens is 1. The Morgan fingerprint density at radius 1 is 1.42 bits per heavy atom. The van der Waals surface area contributed by atoms with Crippen molar-refractivity contribution in [3.8, 4) is 11.5 Å². The van der Waals surface area contributed by atoms with Crippen LogP contribution in [0.4, 0.5) is 0 Å². The van der Waals surface area contributed by atoms with Gasteiger partial charge in [0, 0.05) is 6.42 Å². The molecule has 0 radical (unpaired) electrons. The Balaban J connectivity index is 2.31. The molecule has 2 rings (SSSR count). The van der Waals surface area contributed by atoms with Gasteiger partial charge in [-0.3, -0.25) is 5.10 Å². The lowest BCUT2D eigenvalue weighted by atomic mass is 10.2. The van der Waals surface area contributed by atoms with Crippen LogP contribution in [-0.2, 0) is 6.42 Å². The second-order valence-electron chi connectivity index (χ2n) is 5.07. The monoisotopic (exact) mass is 368 g/mol. The Morgan fingerprint density at radius 3 is 2.88 bits per heavy atom. The van der Waals surface area contributed by atoms with E-state index >= 15 is 0 Å². The van der Waals surface area contributed by atoms with E-state index in [4.69, 9.17) is 33.3 Å². The van der Waals surface area contributed by atoms with Crippen LogP contribution in [0.3, 0.4) is 0 Å². The molecule has 130 valence electrons. The predicted octanol–water partition coefficient (Wildman–Crippen LogP) is 4.23. The molecular formula is C16H21ClN4O2S. The molecule has 24 heavy (non-hydrogen) atoms. The number of unbranched alkanes of at least 4 members (excludes halogenated alkanes) is 1. The molecule has 0 atom stereocenters. The topological polar surface area (TPSA) is 64.4 Å². The van der Waals surface area contributed by atoms with Gasteiger partial charge in [0.1, 0.15) is 0 Å². The van der Waals surface area contributed by atoms with Crippen LogP contribution in [0.1, 0.15) is 38.1 Å². The maximum atomic E-state index is 6.27. The van der Waals surface area contributed by atoms with Crippen LogP contribution in [0.25, 0.3) is 0 Å². The fraction of sp³-hybridized carbons (Fsp3) is 0.438. The third kappa shape index (κ3) is 4.36. The minimum absolute atomic E-state index is 0.460. The van der Waals surface area contributed by atoms with Gasteiger partial charge in [-0.15, -0.1) is 0 Å². The summed E-state index contributed by atoms with van der Waals surface area (Å²) in [7, 11) is 1.57. The molecule has 0 fully saturated rings. The summed E-state index contributed by atoms with van der Waals surface area (Å²) in [4.78, 5) is 0. The van der Waals surface area contributed by atoms with E-state index < -0.39 is 0 Å². The molecule has 1 aromatic heterocycles. The van der Waals surface area contributed by atoms with Gasteiger partial charge in [-0.1, -0.05) is 24.9 Å². The maximum Gasteiger partial charge on any atom is 0.216 e. The van der Waals surface area contributed by atoms with Crippen LogP contribution < -0.4 is 9.47 Å². The van der Waals surface area contributed by atoms with Gasteiger partial charge in [0.05, 0.1) is 25.0 Å². The number of nitrogens with zero attached hydrogens (tertiary/aromatic N) is 3. The van der Waals surface area contributed by atoms with Crippen LogP contribution in [0.5, 0.6) is 11.5 Å². The number of hydrogen-bond acceptors (Lipinski definition) is 5. The zero-order chi connectivity index (χ0) is 17.5. The number of benzene rings is 1. The highest BCUT2D eigenvalue weighted by atomic mass is 35.5. The van der Waals surface area contributed by atoms with Crippen molar-refractivity contribution >= 4 is 30.0 Å². The highest BCUT2D eigenvalue weighted by Crippen LogP contribution is 2.36. The van der Waals surface area contributed by atoms with Crippen molar-refractivity contribution in [3.63, 3.8) is 0 Å². The molecule has 1 aromatic carbocycles. The molecule has 0 aliphatic rings. The number of aromatic amines is 1. The minimum Gasteiger partial charge on any atom is -0.493 e. The number of halogens is 1. The Kier molecular flexibility index (Phi) is 6.81. The first-order chi connectivity index (χ1) is 11.6. The first kappa shape index (κ1) is 18.5. The summed E-state index contributed by atoms with van der Waals surface area (Å²) in [6.07, 6.45) is 4.59. The first-order valence-corrected chi connectivity index (χ1v) is 8.60. The number of aryl methyl sites for hydroxylation is 1. The Morgan fingerprint density at radius 2 is 2.21 bits per heavy atom. The van der Waals surface area contributed by atoms with E-state index in [2.05, 4.69) is 22.2 Å². The van der Waals surface area contributed by atoms with E-state index in [9.17, 15) is 0 Å². The Labute approximate surface area is 151 Å². The summed E-state index contributed by atoms with van der Waals surface area (Å²) in [6, 6.07) is 3.59. The van der Waals surface area contributed by atoms with Crippen molar-refractivity contribution in [1.82, 2.24) is 14.9 Å². The molecule has 0 aliphatic carbocycles. The van der Waals surface area contributed by atoms with Gasteiger partial charge in [-0.2, -0.15) is 14.9 Å². The fourth-order valence-corrected chi connectivity index (χ4v) is 2.64. The zero-order valence-corrected chi connectivity index (χ0v) is 15.6. The van der Waals surface area contributed by atoms with Gasteiger partial charge in [0.15, 0.2) is 17.3 Å². The quantitative estimate of drug-likeness (QED) is 0.559. The molecule has 0 aliphatic heterocycles. The molecule has 8 heteroatoms. The van der Waals surface area contributed by atoms with E-state index in [1.807, 2.05) is 13.0 Å². The van der Waals surface area contributed by atoms with E-state index in [1.54, 1.807) is 24.1 Å². The smallest absolute Gasteiger partial charge is 0.216 e. The summed E-state index contributed by atoms with van der Waals surface area (Å²) in [5, 5.41) is 11.9. The standard InChI is InChI=1S/C16H21ClN4O2S/c1-4-6-7-14-19-20-16(24)21(14)18-10-11-8-12(17)15(23-5-2)13(9-11)22-3/h8-10H,4-7H2,1-3H3,(H,20,24)/b18-10-. The summed E-state index contributed by atoms with van der Waals surface area (Å²) in [5.41, 5.74) is 0.782. The molecule has 0 saturated heterocycles. The summed E-state index contributed by atoms with van der Waals surface area (Å²) >= 11 is 11.5. The highest BCUT2D eigenvalue weighted by Gasteiger charge is 2.11. The zero-order valence-electron chi connectivity index (χ0n) is 14.0. The second kappa shape index (κ2) is 8.84. The molecule has 0 unspecified atom stereocenters. The molecule has 1 N–H and O–H groups in total. The molecule has 1 heterocycles. The Hall–Kier alpha value is -1.86. The fourth-order valence-electron chi connectivity index (χ4n) is 2.16. The van der Waals surface area contributed by atoms with Crippen molar-refractivity contribution < 1.29 is 9.47 Å². The minimum atomic E-state index is 0.460. The van der Waals surface area contributed by atoms with Gasteiger partial charge in [0.25, 0.3) is 0 Å². The van der Waals surface area contributed by atoms with Crippen molar-refractivity contribution in [2.75, 3.05) is 13.7 Å². The normalized spacial score (nSPS) is 11.2. The summed E-state index contributed by atoms with van der Waals surface area (Å²) in [5.74, 6) is 1.90. The first-order valence-electron chi connectivity index (χ1n) is 7.81. The number of methoxy groups -OCH3 is 1. The SMILES string of the molecule is CCCCc1n[nH]c(=S)n1/N=C\c1cc(Cl)c(OCC)c(OC)c1. The van der Waals surface area contributed by atoms with Crippen molar-refractivity contribution in [2.24, 2.45) is 5.10 Å². The predicted molar refractivity (Wildman–Crippen MR) is 98.2 cm³/mol. The lowest BCUT2D eigenvalue weighted by Gasteiger charge is -2.11. The van der Waals surface area contributed by atoms with Crippen molar-refractivity contribution in [1.29, 1.82) is 0 Å². The van der Waals surface area contributed by atoms with Gasteiger partial charge >= 0.3 is 0 Å². The molecule has 0 spiro atoms. The molecule has 6 nitrogen and oxygen atoms in total. The number of aromatic nitrogens is 3. The van der Waals surface area contributed by atoms with Crippen LogP contribution in [0, 0.1) is 4.77 Å². The van der Waals surface area contributed by atoms with Gasteiger partial charge in [0.2, 0.25) is 4.77 Å². The largest absolute Gasteiger partial charge is 0.493 e. The van der Waals surface area contributed by atoms with Gasteiger partial charge in [-0.05, 0) is 43.3 Å². The average molecular weight is 369 g/mol. The number of rotatable bonds is 8. The molecule has 0 saturated carbocycles. The van der Waals surface area contributed by atoms with E-state index in [0.717, 1.165) is 30.7 Å². The third-order valence-electron chi connectivity index (χ3n) is 3.33. The number of hydrogen-bond donors (Lipinski definition) is 1. The van der Waals surface area contributed by atoms with Crippen molar-refractivity contribution in [3.05, 3.63) is 33.3 Å².